The molecule has 1 saturated carbocycles. The fourth-order valence-corrected chi connectivity index (χ4v) is 5.59. The molecule has 7 heteroatoms. The second-order valence-electron chi connectivity index (χ2n) is 7.29. The van der Waals surface area contributed by atoms with Crippen LogP contribution in [0.1, 0.15) is 54.4 Å². The number of methoxy groups -OCH3 is 1. The van der Waals surface area contributed by atoms with Crippen LogP contribution in [0.15, 0.2) is 24.3 Å². The molecule has 0 radical (unpaired) electrons. The normalized spacial score (nSPS) is 21.9. The number of hydrogen-bond acceptors (Lipinski definition) is 4. The zero-order valence-electron chi connectivity index (χ0n) is 15.3. The number of carbonyl (C=O) groups excluding carboxylic acids is 1. The van der Waals surface area contributed by atoms with Crippen LogP contribution in [0.2, 0.25) is 0 Å². The van der Waals surface area contributed by atoms with Crippen molar-refractivity contribution in [3.05, 3.63) is 35.4 Å². The summed E-state index contributed by atoms with van der Waals surface area (Å²) in [6.07, 6.45) is 5.33. The summed E-state index contributed by atoms with van der Waals surface area (Å²) in [4.78, 5) is 14.4. The van der Waals surface area contributed by atoms with Crippen LogP contribution >= 0.6 is 0 Å². The van der Waals surface area contributed by atoms with Crippen LogP contribution in [0.5, 0.6) is 0 Å². The number of amides is 1. The molecule has 1 N–H and O–H groups in total. The molecule has 1 amide bonds. The summed E-state index contributed by atoms with van der Waals surface area (Å²) in [7, 11) is -1.76. The number of rotatable bonds is 6. The van der Waals surface area contributed by atoms with E-state index >= 15 is 0 Å². The number of piperidine rings is 1. The van der Waals surface area contributed by atoms with Crippen molar-refractivity contribution in [1.82, 2.24) is 9.62 Å². The lowest BCUT2D eigenvalue weighted by Gasteiger charge is -2.33. The summed E-state index contributed by atoms with van der Waals surface area (Å²) >= 11 is 0. The van der Waals surface area contributed by atoms with Crippen LogP contribution in [-0.2, 0) is 21.4 Å². The molecule has 26 heavy (non-hydrogen) atoms. The third kappa shape index (κ3) is 4.64. The third-order valence-electron chi connectivity index (χ3n) is 5.30. The van der Waals surface area contributed by atoms with E-state index in [2.05, 4.69) is 4.72 Å². The van der Waals surface area contributed by atoms with Crippen molar-refractivity contribution < 1.29 is 17.9 Å². The van der Waals surface area contributed by atoms with Gasteiger partial charge >= 0.3 is 0 Å². The van der Waals surface area contributed by atoms with Gasteiger partial charge in [0.1, 0.15) is 0 Å². The molecule has 0 spiro atoms. The van der Waals surface area contributed by atoms with Gasteiger partial charge in [0.15, 0.2) is 0 Å². The van der Waals surface area contributed by atoms with E-state index in [9.17, 15) is 13.2 Å². The SMILES string of the molecule is COCc1ccc(C(=O)N2CCC[C@H](S(=O)(=O)NC3CCCC3)C2)cc1. The first-order valence-electron chi connectivity index (χ1n) is 9.38. The van der Waals surface area contributed by atoms with Gasteiger partial charge in [-0.15, -0.1) is 0 Å². The van der Waals surface area contributed by atoms with E-state index in [1.165, 1.54) is 0 Å². The Hall–Kier alpha value is -1.44. The second kappa shape index (κ2) is 8.50. The highest BCUT2D eigenvalue weighted by Crippen LogP contribution is 2.23. The van der Waals surface area contributed by atoms with E-state index in [1.54, 1.807) is 24.1 Å². The summed E-state index contributed by atoms with van der Waals surface area (Å²) in [5, 5.41) is -0.520. The van der Waals surface area contributed by atoms with Gasteiger partial charge in [-0.1, -0.05) is 25.0 Å². The highest BCUT2D eigenvalue weighted by molar-refractivity contribution is 7.90. The van der Waals surface area contributed by atoms with Gasteiger partial charge in [0.2, 0.25) is 10.0 Å². The summed E-state index contributed by atoms with van der Waals surface area (Å²) in [6.45, 7) is 1.38. The average molecular weight is 381 g/mol. The van der Waals surface area contributed by atoms with E-state index < -0.39 is 15.3 Å². The number of hydrogen-bond donors (Lipinski definition) is 1. The molecule has 1 heterocycles. The maximum Gasteiger partial charge on any atom is 0.253 e. The predicted octanol–water partition coefficient (Wildman–Crippen LogP) is 2.30. The Balaban J connectivity index is 1.64. The Labute approximate surface area is 156 Å². The van der Waals surface area contributed by atoms with Crippen LogP contribution in [0.25, 0.3) is 0 Å². The molecule has 0 aromatic heterocycles. The standard InChI is InChI=1S/C19H28N2O4S/c1-25-14-15-8-10-16(11-9-15)19(22)21-12-4-7-18(13-21)26(23,24)20-17-5-2-3-6-17/h8-11,17-18,20H,2-7,12-14H2,1H3/t18-/m0/s1. The molecule has 3 rings (SSSR count). The van der Waals surface area contributed by atoms with E-state index in [0.29, 0.717) is 31.6 Å². The van der Waals surface area contributed by atoms with Crippen molar-refractivity contribution in [1.29, 1.82) is 0 Å². The molecule has 1 aliphatic carbocycles. The number of benzene rings is 1. The molecular weight excluding hydrogens is 352 g/mol. The van der Waals surface area contributed by atoms with Crippen molar-refractivity contribution in [2.24, 2.45) is 0 Å². The summed E-state index contributed by atoms with van der Waals surface area (Å²) in [5.74, 6) is -0.102. The minimum Gasteiger partial charge on any atom is -0.380 e. The zero-order chi connectivity index (χ0) is 18.6. The van der Waals surface area contributed by atoms with E-state index in [1.807, 2.05) is 12.1 Å². The van der Waals surface area contributed by atoms with Crippen molar-refractivity contribution in [3.8, 4) is 0 Å². The van der Waals surface area contributed by atoms with Gasteiger partial charge < -0.3 is 9.64 Å². The van der Waals surface area contributed by atoms with E-state index in [0.717, 1.165) is 31.2 Å². The first-order valence-corrected chi connectivity index (χ1v) is 10.9. The van der Waals surface area contributed by atoms with Crippen molar-refractivity contribution in [2.75, 3.05) is 20.2 Å². The quantitative estimate of drug-likeness (QED) is 0.822. The fourth-order valence-electron chi connectivity index (χ4n) is 3.84. The first kappa shape index (κ1) is 19.3. The van der Waals surface area contributed by atoms with Gasteiger partial charge in [0.25, 0.3) is 5.91 Å². The molecule has 1 aromatic carbocycles. The first-order chi connectivity index (χ1) is 12.5. The van der Waals surface area contributed by atoms with E-state index in [4.69, 9.17) is 4.74 Å². The van der Waals surface area contributed by atoms with Crippen LogP contribution in [0.4, 0.5) is 0 Å². The van der Waals surface area contributed by atoms with Crippen LogP contribution in [0, 0.1) is 0 Å². The van der Waals surface area contributed by atoms with Gasteiger partial charge in [-0.2, -0.15) is 0 Å². The Bertz CT molecular complexity index is 712. The molecule has 1 aromatic rings. The Kier molecular flexibility index (Phi) is 6.32. The van der Waals surface area contributed by atoms with E-state index in [-0.39, 0.29) is 18.5 Å². The Morgan fingerprint density at radius 3 is 2.50 bits per heavy atom. The molecule has 1 aliphatic heterocycles. The van der Waals surface area contributed by atoms with Gasteiger partial charge in [0.05, 0.1) is 11.9 Å². The molecule has 2 aliphatic rings. The average Bonchev–Trinajstić information content (AvgIpc) is 3.14. The lowest BCUT2D eigenvalue weighted by molar-refractivity contribution is 0.0726. The van der Waals surface area contributed by atoms with Gasteiger partial charge in [0, 0.05) is 31.8 Å². The van der Waals surface area contributed by atoms with Crippen LogP contribution < -0.4 is 4.72 Å². The number of sulfonamides is 1. The van der Waals surface area contributed by atoms with Crippen molar-refractivity contribution >= 4 is 15.9 Å². The predicted molar refractivity (Wildman–Crippen MR) is 100 cm³/mol. The molecule has 0 bridgehead atoms. The lowest BCUT2D eigenvalue weighted by Crippen LogP contribution is -2.49. The fraction of sp³-hybridized carbons (Fsp3) is 0.632. The molecule has 2 fully saturated rings. The maximum atomic E-state index is 12.8. The second-order valence-corrected chi connectivity index (χ2v) is 9.28. The molecule has 144 valence electrons. The number of carbonyl (C=O) groups is 1. The monoisotopic (exact) mass is 380 g/mol. The minimum atomic E-state index is -3.39. The lowest BCUT2D eigenvalue weighted by atomic mass is 10.1. The number of nitrogens with one attached hydrogen (secondary N) is 1. The summed E-state index contributed by atoms with van der Waals surface area (Å²) < 4.78 is 33.3. The third-order valence-corrected chi connectivity index (χ3v) is 7.23. The minimum absolute atomic E-state index is 0.0689. The largest absolute Gasteiger partial charge is 0.380 e. The summed E-state index contributed by atoms with van der Waals surface area (Å²) in [5.41, 5.74) is 1.59. The summed E-state index contributed by atoms with van der Waals surface area (Å²) in [6, 6.07) is 7.38. The Morgan fingerprint density at radius 1 is 1.15 bits per heavy atom. The highest BCUT2D eigenvalue weighted by atomic mass is 32.2. The van der Waals surface area contributed by atoms with Gasteiger partial charge in [-0.3, -0.25) is 4.79 Å². The highest BCUT2D eigenvalue weighted by Gasteiger charge is 2.34. The number of likely N-dealkylation sites (tertiary alicyclic amines) is 1. The topological polar surface area (TPSA) is 75.7 Å². The number of ether oxygens (including phenoxy) is 1. The smallest absolute Gasteiger partial charge is 0.253 e. The molecule has 1 atom stereocenters. The molecular formula is C19H28N2O4S. The number of nitrogens with zero attached hydrogens (tertiary/aromatic N) is 1. The Morgan fingerprint density at radius 2 is 1.85 bits per heavy atom. The van der Waals surface area contributed by atoms with Crippen LogP contribution in [-0.4, -0.2) is 50.7 Å². The van der Waals surface area contributed by atoms with Crippen molar-refractivity contribution in [2.45, 2.75) is 56.4 Å². The molecule has 6 nitrogen and oxygen atoms in total. The molecule has 0 unspecified atom stereocenters. The molecule has 1 saturated heterocycles. The van der Waals surface area contributed by atoms with Crippen LogP contribution in [0.3, 0.4) is 0 Å². The maximum absolute atomic E-state index is 12.8. The van der Waals surface area contributed by atoms with Gasteiger partial charge in [-0.25, -0.2) is 13.1 Å². The zero-order valence-corrected chi connectivity index (χ0v) is 16.1. The van der Waals surface area contributed by atoms with Gasteiger partial charge in [-0.05, 0) is 43.4 Å². The van der Waals surface area contributed by atoms with Crippen molar-refractivity contribution in [3.63, 3.8) is 0 Å².